The molecular weight excluding hydrogens is 246 g/mol. The highest BCUT2D eigenvalue weighted by molar-refractivity contribution is 5.72. The molecule has 0 amide bonds. The average Bonchev–Trinajstić information content (AvgIpc) is 2.33. The fourth-order valence-corrected chi connectivity index (χ4v) is 1.12. The minimum absolute atomic E-state index is 0. The maximum absolute atomic E-state index is 11.1. The topological polar surface area (TPSA) is 159 Å². The molecular formula is C10H21NO7. The third-order valence-electron chi connectivity index (χ3n) is 2.12. The average molecular weight is 267 g/mol. The maximum atomic E-state index is 11.1. The van der Waals surface area contributed by atoms with E-state index in [4.69, 9.17) is 10.2 Å². The first kappa shape index (κ1) is 19.3. The molecule has 8 heteroatoms. The van der Waals surface area contributed by atoms with E-state index in [1.807, 2.05) is 0 Å². The van der Waals surface area contributed by atoms with Crippen molar-refractivity contribution in [3.8, 4) is 0 Å². The molecule has 0 aliphatic rings. The number of carbonyl (C=O) groups is 2. The van der Waals surface area contributed by atoms with Crippen molar-refractivity contribution >= 4 is 12.3 Å². The first-order valence-corrected chi connectivity index (χ1v) is 5.27. The van der Waals surface area contributed by atoms with Crippen molar-refractivity contribution in [2.45, 2.75) is 44.2 Å². The second-order valence-electron chi connectivity index (χ2n) is 3.57. The summed E-state index contributed by atoms with van der Waals surface area (Å²) >= 11 is 0. The zero-order valence-electron chi connectivity index (χ0n) is 10.2. The largest absolute Gasteiger partial charge is 0.452 e. The lowest BCUT2D eigenvalue weighted by Crippen LogP contribution is -2.48. The molecule has 4 atom stereocenters. The number of ether oxygens (including phenoxy) is 1. The zero-order chi connectivity index (χ0) is 13.4. The van der Waals surface area contributed by atoms with Gasteiger partial charge in [0.25, 0.3) is 0 Å². The summed E-state index contributed by atoms with van der Waals surface area (Å²) in [7, 11) is 0. The number of hydrogen-bond donors (Lipinski definition) is 5. The van der Waals surface area contributed by atoms with Crippen LogP contribution < -0.4 is 6.15 Å². The van der Waals surface area contributed by atoms with Gasteiger partial charge in [0.05, 0.1) is 6.61 Å². The van der Waals surface area contributed by atoms with Gasteiger partial charge in [-0.3, -0.25) is 9.59 Å². The smallest absolute Gasteiger partial charge is 0.306 e. The summed E-state index contributed by atoms with van der Waals surface area (Å²) in [5.74, 6) is -0.686. The third kappa shape index (κ3) is 6.03. The van der Waals surface area contributed by atoms with Crippen LogP contribution in [0.15, 0.2) is 0 Å². The molecule has 0 saturated heterocycles. The maximum Gasteiger partial charge on any atom is 0.306 e. The molecule has 0 heterocycles. The Kier molecular flexibility index (Phi) is 10.6. The van der Waals surface area contributed by atoms with Gasteiger partial charge in [0.1, 0.15) is 18.3 Å². The van der Waals surface area contributed by atoms with Crippen molar-refractivity contribution in [1.82, 2.24) is 6.15 Å². The van der Waals surface area contributed by atoms with Gasteiger partial charge in [-0.2, -0.15) is 0 Å². The normalized spacial score (nSPS) is 16.9. The highest BCUT2D eigenvalue weighted by Crippen LogP contribution is 2.08. The van der Waals surface area contributed by atoms with Crippen LogP contribution in [0.4, 0.5) is 0 Å². The SMILES string of the molecule is CCCC(=O)O[C@@H](C=O)[C@@H](O)[C@H](O)[C@H](O)CO.N. The van der Waals surface area contributed by atoms with Gasteiger partial charge in [-0.1, -0.05) is 6.92 Å². The van der Waals surface area contributed by atoms with Crippen LogP contribution in [-0.4, -0.2) is 63.7 Å². The number of carbonyl (C=O) groups excluding carboxylic acids is 2. The molecule has 0 aromatic heterocycles. The third-order valence-corrected chi connectivity index (χ3v) is 2.12. The van der Waals surface area contributed by atoms with Crippen molar-refractivity contribution in [3.63, 3.8) is 0 Å². The van der Waals surface area contributed by atoms with Crippen LogP contribution >= 0.6 is 0 Å². The summed E-state index contributed by atoms with van der Waals surface area (Å²) < 4.78 is 4.61. The van der Waals surface area contributed by atoms with E-state index < -0.39 is 37.0 Å². The first-order valence-electron chi connectivity index (χ1n) is 5.27. The van der Waals surface area contributed by atoms with E-state index in [0.29, 0.717) is 6.42 Å². The van der Waals surface area contributed by atoms with Crippen molar-refractivity contribution < 1.29 is 34.8 Å². The number of aliphatic hydroxyl groups is 4. The quantitative estimate of drug-likeness (QED) is 0.252. The van der Waals surface area contributed by atoms with Crippen LogP contribution in [0, 0.1) is 0 Å². The van der Waals surface area contributed by atoms with Crippen LogP contribution in [-0.2, 0) is 14.3 Å². The summed E-state index contributed by atoms with van der Waals surface area (Å²) in [6.07, 6.45) is -5.98. The summed E-state index contributed by atoms with van der Waals surface area (Å²) in [5.41, 5.74) is 0. The van der Waals surface area contributed by atoms with Crippen LogP contribution in [0.2, 0.25) is 0 Å². The van der Waals surface area contributed by atoms with E-state index in [9.17, 15) is 19.8 Å². The van der Waals surface area contributed by atoms with Crippen molar-refractivity contribution in [2.75, 3.05) is 6.61 Å². The second kappa shape index (κ2) is 9.92. The van der Waals surface area contributed by atoms with E-state index in [1.54, 1.807) is 6.92 Å². The van der Waals surface area contributed by atoms with E-state index >= 15 is 0 Å². The summed E-state index contributed by atoms with van der Waals surface area (Å²) in [6, 6.07) is 0. The molecule has 0 aromatic rings. The molecule has 0 fully saturated rings. The number of rotatable bonds is 8. The lowest BCUT2D eigenvalue weighted by molar-refractivity contribution is -0.168. The zero-order valence-corrected chi connectivity index (χ0v) is 10.2. The standard InChI is InChI=1S/C10H18O7.H3N/c1-2-3-8(14)17-7(5-12)10(16)9(15)6(13)4-11;/h5-7,9-11,13,15-16H,2-4H2,1H3;1H3/t6-,7+,9-,10-;/m1./s1. The van der Waals surface area contributed by atoms with Gasteiger partial charge in [0.2, 0.25) is 0 Å². The fourth-order valence-electron chi connectivity index (χ4n) is 1.12. The van der Waals surface area contributed by atoms with Crippen molar-refractivity contribution in [2.24, 2.45) is 0 Å². The molecule has 0 spiro atoms. The van der Waals surface area contributed by atoms with Crippen LogP contribution in [0.25, 0.3) is 0 Å². The Morgan fingerprint density at radius 2 is 1.83 bits per heavy atom. The van der Waals surface area contributed by atoms with Gasteiger partial charge < -0.3 is 31.3 Å². The predicted octanol–water partition coefficient (Wildman–Crippen LogP) is -1.87. The molecule has 0 rings (SSSR count). The predicted molar refractivity (Wildman–Crippen MR) is 61.0 cm³/mol. The summed E-state index contributed by atoms with van der Waals surface area (Å²) in [4.78, 5) is 21.7. The van der Waals surface area contributed by atoms with Crippen LogP contribution in [0.1, 0.15) is 19.8 Å². The van der Waals surface area contributed by atoms with E-state index in [1.165, 1.54) is 0 Å². The highest BCUT2D eigenvalue weighted by Gasteiger charge is 2.33. The molecule has 0 aromatic carbocycles. The van der Waals surface area contributed by atoms with Gasteiger partial charge in [-0.25, -0.2) is 0 Å². The lowest BCUT2D eigenvalue weighted by Gasteiger charge is -2.25. The summed E-state index contributed by atoms with van der Waals surface area (Å²) in [6.45, 7) is 0.949. The van der Waals surface area contributed by atoms with Gasteiger partial charge in [-0.05, 0) is 6.42 Å². The number of aldehydes is 1. The molecule has 18 heavy (non-hydrogen) atoms. The van der Waals surface area contributed by atoms with Crippen LogP contribution in [0.5, 0.6) is 0 Å². The van der Waals surface area contributed by atoms with Gasteiger partial charge >= 0.3 is 5.97 Å². The Morgan fingerprint density at radius 3 is 2.22 bits per heavy atom. The van der Waals surface area contributed by atoms with Gasteiger partial charge in [0, 0.05) is 6.42 Å². The molecule has 8 nitrogen and oxygen atoms in total. The van der Waals surface area contributed by atoms with E-state index in [0.717, 1.165) is 0 Å². The Hall–Kier alpha value is -1.06. The fraction of sp³-hybridized carbons (Fsp3) is 0.800. The molecule has 7 N–H and O–H groups in total. The Balaban J connectivity index is 0. The molecule has 108 valence electrons. The monoisotopic (exact) mass is 267 g/mol. The Morgan fingerprint density at radius 1 is 1.28 bits per heavy atom. The van der Waals surface area contributed by atoms with Crippen LogP contribution in [0.3, 0.4) is 0 Å². The summed E-state index contributed by atoms with van der Waals surface area (Å²) in [5, 5.41) is 36.4. The minimum Gasteiger partial charge on any atom is -0.452 e. The molecule has 0 bridgehead atoms. The lowest BCUT2D eigenvalue weighted by atomic mass is 10.0. The van der Waals surface area contributed by atoms with Crippen molar-refractivity contribution in [1.29, 1.82) is 0 Å². The van der Waals surface area contributed by atoms with E-state index in [2.05, 4.69) is 4.74 Å². The molecule has 0 radical (unpaired) electrons. The molecule has 0 aliphatic heterocycles. The minimum atomic E-state index is -1.78. The first-order chi connectivity index (χ1) is 7.97. The Bertz CT molecular complexity index is 248. The number of aliphatic hydroxyl groups excluding tert-OH is 4. The van der Waals surface area contributed by atoms with E-state index in [-0.39, 0.29) is 18.9 Å². The Labute approximate surface area is 105 Å². The molecule has 0 aliphatic carbocycles. The molecule has 0 saturated carbocycles. The highest BCUT2D eigenvalue weighted by atomic mass is 16.6. The number of esters is 1. The second-order valence-corrected chi connectivity index (χ2v) is 3.57. The number of hydrogen-bond acceptors (Lipinski definition) is 8. The van der Waals surface area contributed by atoms with Gasteiger partial charge in [-0.15, -0.1) is 0 Å². The van der Waals surface area contributed by atoms with Crippen molar-refractivity contribution in [3.05, 3.63) is 0 Å². The van der Waals surface area contributed by atoms with Gasteiger partial charge in [0.15, 0.2) is 12.4 Å². The molecule has 0 unspecified atom stereocenters.